The van der Waals surface area contributed by atoms with E-state index in [0.717, 1.165) is 29.5 Å². The highest BCUT2D eigenvalue weighted by Crippen LogP contribution is 2.28. The van der Waals surface area contributed by atoms with Gasteiger partial charge in [0.05, 0.1) is 6.61 Å². The fourth-order valence-electron chi connectivity index (χ4n) is 3.47. The van der Waals surface area contributed by atoms with Crippen molar-refractivity contribution in [1.29, 1.82) is 0 Å². The summed E-state index contributed by atoms with van der Waals surface area (Å²) < 4.78 is 5.22. The normalized spacial score (nSPS) is 13.1. The summed E-state index contributed by atoms with van der Waals surface area (Å²) in [5.41, 5.74) is 1.75. The molecule has 0 bridgehead atoms. The fraction of sp³-hybridized carbons (Fsp3) is 0.625. The highest BCUT2D eigenvalue weighted by atomic mass is 16.6. The summed E-state index contributed by atoms with van der Waals surface area (Å²) in [7, 11) is 0. The maximum atomic E-state index is 13.4. The molecule has 1 aromatic rings. The zero-order valence-corrected chi connectivity index (χ0v) is 20.4. The molecule has 32 heavy (non-hydrogen) atoms. The number of carbonyl (C=O) groups is 3. The number of carbonyl (C=O) groups excluding carboxylic acids is 3. The number of amides is 3. The lowest BCUT2D eigenvalue weighted by Gasteiger charge is -2.34. The van der Waals surface area contributed by atoms with Crippen molar-refractivity contribution in [2.75, 3.05) is 19.7 Å². The van der Waals surface area contributed by atoms with Crippen molar-refractivity contribution < 1.29 is 24.2 Å². The molecular formula is C24H39N3O5. The van der Waals surface area contributed by atoms with Gasteiger partial charge in [0.25, 0.3) is 0 Å². The number of aryl methyl sites for hydroxylation is 2. The van der Waals surface area contributed by atoms with E-state index in [2.05, 4.69) is 10.6 Å². The minimum Gasteiger partial charge on any atom is -0.444 e. The van der Waals surface area contributed by atoms with E-state index in [9.17, 15) is 19.5 Å². The number of nitrogens with zero attached hydrogens (tertiary/aromatic N) is 1. The van der Waals surface area contributed by atoms with Crippen LogP contribution in [-0.2, 0) is 14.3 Å². The van der Waals surface area contributed by atoms with Gasteiger partial charge in [-0.2, -0.15) is 0 Å². The maximum absolute atomic E-state index is 13.4. The largest absolute Gasteiger partial charge is 0.444 e. The summed E-state index contributed by atoms with van der Waals surface area (Å²) in [6.45, 7) is 12.8. The second kappa shape index (κ2) is 12.4. The molecule has 0 radical (unpaired) electrons. The van der Waals surface area contributed by atoms with Crippen molar-refractivity contribution in [2.45, 2.75) is 79.0 Å². The lowest BCUT2D eigenvalue weighted by Crippen LogP contribution is -2.54. The van der Waals surface area contributed by atoms with E-state index >= 15 is 0 Å². The summed E-state index contributed by atoms with van der Waals surface area (Å²) in [6.07, 6.45) is 0.944. The zero-order chi connectivity index (χ0) is 24.5. The van der Waals surface area contributed by atoms with Crippen molar-refractivity contribution in [3.8, 4) is 0 Å². The van der Waals surface area contributed by atoms with Gasteiger partial charge in [0.15, 0.2) is 0 Å². The Morgan fingerprint density at radius 2 is 1.72 bits per heavy atom. The Morgan fingerprint density at radius 1 is 1.12 bits per heavy atom. The van der Waals surface area contributed by atoms with Crippen LogP contribution >= 0.6 is 0 Å². The number of rotatable bonds is 10. The molecule has 1 aromatic carbocycles. The minimum atomic E-state index is -1.24. The lowest BCUT2D eigenvalue weighted by atomic mass is 9.93. The maximum Gasteiger partial charge on any atom is 0.408 e. The van der Waals surface area contributed by atoms with E-state index in [0.29, 0.717) is 6.54 Å². The molecule has 0 heterocycles. The van der Waals surface area contributed by atoms with Crippen LogP contribution in [0.25, 0.3) is 0 Å². The Bertz CT molecular complexity index is 768. The van der Waals surface area contributed by atoms with Crippen molar-refractivity contribution >= 4 is 17.9 Å². The molecule has 2 unspecified atom stereocenters. The number of hydrogen-bond donors (Lipinski definition) is 3. The number of ether oxygens (including phenoxy) is 1. The highest BCUT2D eigenvalue weighted by molar-refractivity contribution is 5.92. The molecule has 0 aliphatic heterocycles. The van der Waals surface area contributed by atoms with Gasteiger partial charge in [-0.3, -0.25) is 9.59 Å². The number of benzene rings is 1. The van der Waals surface area contributed by atoms with E-state index in [1.54, 1.807) is 27.7 Å². The molecule has 0 spiro atoms. The van der Waals surface area contributed by atoms with Gasteiger partial charge in [0, 0.05) is 13.1 Å². The highest BCUT2D eigenvalue weighted by Gasteiger charge is 2.36. The summed E-state index contributed by atoms with van der Waals surface area (Å²) in [6, 6.07) is 3.57. The zero-order valence-electron chi connectivity index (χ0n) is 20.4. The first-order valence-electron chi connectivity index (χ1n) is 11.2. The Morgan fingerprint density at radius 3 is 2.19 bits per heavy atom. The smallest absolute Gasteiger partial charge is 0.408 e. The van der Waals surface area contributed by atoms with E-state index in [1.807, 2.05) is 39.0 Å². The molecule has 3 N–H and O–H groups in total. The standard InChI is InChI=1S/C24H39N3O5/c1-8-10-14-25-21(29)20(19-16(3)12-11-13-17(19)4)27(9-2)22(30)18(15-28)26-23(31)32-24(5,6)7/h11-13,18,20,28H,8-10,14-15H2,1-7H3,(H,25,29)(H,26,31). The fourth-order valence-corrected chi connectivity index (χ4v) is 3.47. The van der Waals surface area contributed by atoms with Crippen LogP contribution in [0.5, 0.6) is 0 Å². The van der Waals surface area contributed by atoms with Gasteiger partial charge in [-0.1, -0.05) is 31.5 Å². The average Bonchev–Trinajstić information content (AvgIpc) is 2.69. The van der Waals surface area contributed by atoms with Gasteiger partial charge in [0.2, 0.25) is 11.8 Å². The van der Waals surface area contributed by atoms with E-state index in [1.165, 1.54) is 4.90 Å². The molecule has 0 aliphatic rings. The van der Waals surface area contributed by atoms with Gasteiger partial charge in [-0.05, 0) is 64.7 Å². The second-order valence-corrected chi connectivity index (χ2v) is 8.86. The molecule has 1 rings (SSSR count). The third-order valence-corrected chi connectivity index (χ3v) is 5.00. The Hall–Kier alpha value is -2.61. The second-order valence-electron chi connectivity index (χ2n) is 8.86. The predicted octanol–water partition coefficient (Wildman–Crippen LogP) is 2.99. The number of nitrogens with one attached hydrogen (secondary N) is 2. The van der Waals surface area contributed by atoms with Gasteiger partial charge in [-0.25, -0.2) is 4.79 Å². The third-order valence-electron chi connectivity index (χ3n) is 5.00. The first kappa shape index (κ1) is 27.4. The van der Waals surface area contributed by atoms with Gasteiger partial charge >= 0.3 is 6.09 Å². The number of aliphatic hydroxyl groups excluding tert-OH is 1. The molecule has 3 amide bonds. The van der Waals surface area contributed by atoms with Gasteiger partial charge in [0.1, 0.15) is 17.7 Å². The van der Waals surface area contributed by atoms with Crippen molar-refractivity contribution in [3.05, 3.63) is 34.9 Å². The molecule has 0 aliphatic carbocycles. The summed E-state index contributed by atoms with van der Waals surface area (Å²) >= 11 is 0. The monoisotopic (exact) mass is 449 g/mol. The van der Waals surface area contributed by atoms with Crippen LogP contribution in [-0.4, -0.2) is 59.3 Å². The molecule has 8 nitrogen and oxygen atoms in total. The topological polar surface area (TPSA) is 108 Å². The summed E-state index contributed by atoms with van der Waals surface area (Å²) in [5.74, 6) is -0.848. The number of likely N-dealkylation sites (N-methyl/N-ethyl adjacent to an activating group) is 1. The molecule has 0 fully saturated rings. The first-order valence-corrected chi connectivity index (χ1v) is 11.2. The number of hydrogen-bond acceptors (Lipinski definition) is 5. The van der Waals surface area contributed by atoms with Crippen LogP contribution in [0.4, 0.5) is 4.79 Å². The van der Waals surface area contributed by atoms with Crippen molar-refractivity contribution in [1.82, 2.24) is 15.5 Å². The number of unbranched alkanes of at least 4 members (excludes halogenated alkanes) is 1. The first-order chi connectivity index (χ1) is 15.0. The molecule has 0 saturated carbocycles. The van der Waals surface area contributed by atoms with Crippen LogP contribution in [0, 0.1) is 13.8 Å². The SMILES string of the molecule is CCCCNC(=O)C(c1c(C)cccc1C)N(CC)C(=O)C(CO)NC(=O)OC(C)(C)C. The van der Waals surface area contributed by atoms with Crippen LogP contribution < -0.4 is 10.6 Å². The minimum absolute atomic E-state index is 0.213. The molecular weight excluding hydrogens is 410 g/mol. The van der Waals surface area contributed by atoms with Crippen LogP contribution in [0.15, 0.2) is 18.2 Å². The van der Waals surface area contributed by atoms with Crippen LogP contribution in [0.3, 0.4) is 0 Å². The van der Waals surface area contributed by atoms with Crippen molar-refractivity contribution in [2.24, 2.45) is 0 Å². The Kier molecular flexibility index (Phi) is 10.7. The summed E-state index contributed by atoms with van der Waals surface area (Å²) in [4.78, 5) is 40.3. The Labute approximate surface area is 191 Å². The molecule has 0 saturated heterocycles. The predicted molar refractivity (Wildman–Crippen MR) is 124 cm³/mol. The third kappa shape index (κ3) is 7.82. The lowest BCUT2D eigenvalue weighted by molar-refractivity contribution is -0.143. The molecule has 0 aromatic heterocycles. The van der Waals surface area contributed by atoms with Gasteiger partial charge in [-0.15, -0.1) is 0 Å². The number of aliphatic hydroxyl groups is 1. The molecule has 8 heteroatoms. The van der Waals surface area contributed by atoms with Gasteiger partial charge < -0.3 is 25.4 Å². The quantitative estimate of drug-likeness (QED) is 0.476. The Balaban J connectivity index is 3.30. The van der Waals surface area contributed by atoms with Crippen LogP contribution in [0.2, 0.25) is 0 Å². The van der Waals surface area contributed by atoms with Crippen LogP contribution in [0.1, 0.15) is 70.2 Å². The van der Waals surface area contributed by atoms with E-state index in [-0.39, 0.29) is 12.5 Å². The van der Waals surface area contributed by atoms with E-state index in [4.69, 9.17) is 4.74 Å². The van der Waals surface area contributed by atoms with Crippen molar-refractivity contribution in [3.63, 3.8) is 0 Å². The summed E-state index contributed by atoms with van der Waals surface area (Å²) in [5, 5.41) is 15.2. The van der Waals surface area contributed by atoms with E-state index < -0.39 is 36.3 Å². The average molecular weight is 450 g/mol. The molecule has 180 valence electrons. The molecule has 2 atom stereocenters. The number of alkyl carbamates (subject to hydrolysis) is 1.